The first-order valence-corrected chi connectivity index (χ1v) is 15.9. The van der Waals surface area contributed by atoms with Gasteiger partial charge in [-0.2, -0.15) is 5.10 Å². The molecule has 0 unspecified atom stereocenters. The predicted molar refractivity (Wildman–Crippen MR) is 172 cm³/mol. The third-order valence-electron chi connectivity index (χ3n) is 8.92. The third-order valence-corrected chi connectivity index (χ3v) is 9.36. The van der Waals surface area contributed by atoms with Gasteiger partial charge in [0.25, 0.3) is 0 Å². The number of likely N-dealkylation sites (tertiary alicyclic amines) is 1. The molecule has 3 aliphatic rings. The Bertz CT molecular complexity index is 1890. The van der Waals surface area contributed by atoms with Crippen LogP contribution in [0.15, 0.2) is 59.5 Å². The Balaban J connectivity index is 1.20. The van der Waals surface area contributed by atoms with Gasteiger partial charge in [-0.25, -0.2) is 15.0 Å². The number of piperidine rings is 1. The number of amides is 2. The van der Waals surface area contributed by atoms with E-state index in [0.717, 1.165) is 23.1 Å². The molecule has 1 aromatic carbocycles. The maximum atomic E-state index is 14.2. The summed E-state index contributed by atoms with van der Waals surface area (Å²) in [5.74, 6) is 0.254. The number of ether oxygens (including phenoxy) is 2. The summed E-state index contributed by atoms with van der Waals surface area (Å²) in [5, 5.41) is 8.18. The minimum Gasteiger partial charge on any atom is -0.377 e. The van der Waals surface area contributed by atoms with Gasteiger partial charge in [-0.3, -0.25) is 19.1 Å². The van der Waals surface area contributed by atoms with Crippen molar-refractivity contribution in [3.8, 4) is 11.1 Å². The zero-order valence-corrected chi connectivity index (χ0v) is 27.0. The maximum Gasteiger partial charge on any atom is 0.248 e. The minimum atomic E-state index is -0.729. The van der Waals surface area contributed by atoms with Gasteiger partial charge in [-0.1, -0.05) is 24.3 Å². The molecule has 1 saturated carbocycles. The lowest BCUT2D eigenvalue weighted by Crippen LogP contribution is -2.47. The normalized spacial score (nSPS) is 22.8. The molecule has 4 aromatic rings. The highest BCUT2D eigenvalue weighted by molar-refractivity contribution is 9.10. The second kappa shape index (κ2) is 12.1. The van der Waals surface area contributed by atoms with E-state index >= 15 is 0 Å². The van der Waals surface area contributed by atoms with E-state index in [1.54, 1.807) is 28.0 Å². The van der Waals surface area contributed by atoms with Crippen LogP contribution in [0.2, 0.25) is 0 Å². The van der Waals surface area contributed by atoms with Crippen LogP contribution in [0.25, 0.3) is 22.0 Å². The molecule has 2 fully saturated rings. The van der Waals surface area contributed by atoms with E-state index in [2.05, 4.69) is 41.3 Å². The van der Waals surface area contributed by atoms with Gasteiger partial charge >= 0.3 is 0 Å². The largest absolute Gasteiger partial charge is 0.377 e. The average molecular weight is 687 g/mol. The van der Waals surface area contributed by atoms with Gasteiger partial charge in [-0.15, -0.1) is 0 Å². The highest BCUT2D eigenvalue weighted by atomic mass is 79.9. The van der Waals surface area contributed by atoms with Gasteiger partial charge in [0.2, 0.25) is 11.8 Å². The van der Waals surface area contributed by atoms with Crippen LogP contribution in [0.4, 0.5) is 5.82 Å². The molecule has 3 aromatic heterocycles. The van der Waals surface area contributed by atoms with E-state index in [1.807, 2.05) is 43.3 Å². The number of nitrogens with zero attached hydrogens (tertiary/aromatic N) is 6. The van der Waals surface area contributed by atoms with Crippen LogP contribution >= 0.6 is 15.9 Å². The maximum absolute atomic E-state index is 14.2. The third kappa shape index (κ3) is 5.74. The number of carbonyl (C=O) groups excluding carboxylic acids is 3. The topological polar surface area (TPSA) is 141 Å². The Labute approximate surface area is 273 Å². The molecule has 3 atom stereocenters. The van der Waals surface area contributed by atoms with Gasteiger partial charge in [0.05, 0.1) is 31.9 Å². The van der Waals surface area contributed by atoms with E-state index < -0.39 is 6.04 Å². The van der Waals surface area contributed by atoms with E-state index in [4.69, 9.17) is 9.47 Å². The fourth-order valence-corrected chi connectivity index (χ4v) is 6.81. The van der Waals surface area contributed by atoms with E-state index in [9.17, 15) is 14.4 Å². The van der Waals surface area contributed by atoms with Gasteiger partial charge in [0.1, 0.15) is 34.5 Å². The molecule has 236 valence electrons. The Morgan fingerprint density at radius 3 is 2.63 bits per heavy atom. The second-order valence-corrected chi connectivity index (χ2v) is 12.9. The molecule has 1 spiro atoms. The van der Waals surface area contributed by atoms with Crippen molar-refractivity contribution in [3.05, 3.63) is 76.6 Å². The smallest absolute Gasteiger partial charge is 0.248 e. The zero-order chi connectivity index (χ0) is 32.0. The molecular weight excluding hydrogens is 654 g/mol. The first kappa shape index (κ1) is 30.3. The molecule has 1 aliphatic carbocycles. The quantitative estimate of drug-likeness (QED) is 0.189. The summed E-state index contributed by atoms with van der Waals surface area (Å²) < 4.78 is 13.9. The number of ketones is 1. The Kier molecular flexibility index (Phi) is 7.99. The SMILES string of the molecule is CC(=O)c1nn(CC(=O)N2[C@H]3C[C@@]4(COCC=CCOCc5ccc(Br)nc5NC3=O)C[C@@H]24)c2ccc(-c3cnc(C)nc3)cc12. The lowest BCUT2D eigenvalue weighted by molar-refractivity contribution is -0.138. The summed E-state index contributed by atoms with van der Waals surface area (Å²) in [6, 6.07) is 8.39. The second-order valence-electron chi connectivity index (χ2n) is 12.0. The minimum absolute atomic E-state index is 0.134. The number of aryl methyl sites for hydroxylation is 1. The van der Waals surface area contributed by atoms with Crippen molar-refractivity contribution in [3.63, 3.8) is 0 Å². The van der Waals surface area contributed by atoms with Crippen LogP contribution in [-0.2, 0) is 32.2 Å². The summed E-state index contributed by atoms with van der Waals surface area (Å²) in [5.41, 5.74) is 2.97. The van der Waals surface area contributed by atoms with Crippen molar-refractivity contribution in [2.45, 2.75) is 51.9 Å². The number of anilines is 1. The van der Waals surface area contributed by atoms with Crippen LogP contribution in [0.5, 0.6) is 0 Å². The number of fused-ring (bicyclic) bond motifs is 3. The number of carbonyl (C=O) groups is 3. The fourth-order valence-electron chi connectivity index (χ4n) is 6.50. The molecule has 46 heavy (non-hydrogen) atoms. The van der Waals surface area contributed by atoms with Gasteiger partial charge < -0.3 is 19.7 Å². The van der Waals surface area contributed by atoms with Crippen LogP contribution in [0.3, 0.4) is 0 Å². The van der Waals surface area contributed by atoms with E-state index in [1.165, 1.54) is 6.92 Å². The first-order valence-electron chi connectivity index (χ1n) is 15.1. The van der Waals surface area contributed by atoms with Crippen molar-refractivity contribution in [2.75, 3.05) is 25.1 Å². The lowest BCUT2D eigenvalue weighted by atomic mass is 10.00. The summed E-state index contributed by atoms with van der Waals surface area (Å²) in [4.78, 5) is 55.5. The molecule has 7 rings (SSSR count). The number of hydrogen-bond acceptors (Lipinski definition) is 9. The Morgan fingerprint density at radius 2 is 1.85 bits per heavy atom. The molecule has 2 amide bonds. The van der Waals surface area contributed by atoms with Crippen molar-refractivity contribution in [2.24, 2.45) is 5.41 Å². The van der Waals surface area contributed by atoms with Crippen molar-refractivity contribution < 1.29 is 23.9 Å². The molecule has 13 heteroatoms. The van der Waals surface area contributed by atoms with E-state index in [0.29, 0.717) is 53.4 Å². The number of benzene rings is 1. The number of Topliss-reactive ketones (excluding diaryl/α,β-unsaturated/α-hetero) is 1. The Hall–Kier alpha value is -4.33. The fraction of sp³-hybridized carbons (Fsp3) is 0.364. The number of rotatable bonds is 4. The van der Waals surface area contributed by atoms with Crippen molar-refractivity contribution >= 4 is 50.2 Å². The molecule has 0 radical (unpaired) electrons. The predicted octanol–water partition coefficient (Wildman–Crippen LogP) is 4.26. The van der Waals surface area contributed by atoms with Crippen LogP contribution in [-0.4, -0.2) is 79.1 Å². The standard InChI is InChI=1S/C33H32BrN7O5/c1-19(42)30-24-11-21(23-14-35-20(2)36-15-23)5-7-25(24)40(39-30)16-29(43)41-26-12-33(13-27(33)41)18-46-10-4-3-9-45-17-22-6-8-28(34)37-31(22)38-32(26)44/h3-8,11,14-15,26-27H,9-10,12-13,16-18H2,1-2H3,(H,37,38,44)/t26-,27+,33-/m0/s1. The van der Waals surface area contributed by atoms with Crippen LogP contribution in [0, 0.1) is 12.3 Å². The number of nitrogens with one attached hydrogen (secondary N) is 1. The van der Waals surface area contributed by atoms with Crippen molar-refractivity contribution in [1.29, 1.82) is 0 Å². The summed E-state index contributed by atoms with van der Waals surface area (Å²) in [6.45, 7) is 4.64. The lowest BCUT2D eigenvalue weighted by Gasteiger charge is -2.27. The van der Waals surface area contributed by atoms with Crippen LogP contribution in [0.1, 0.15) is 41.6 Å². The number of halogens is 1. The molecule has 1 N–H and O–H groups in total. The first-order chi connectivity index (χ1) is 22.2. The van der Waals surface area contributed by atoms with Gasteiger partial charge in [-0.05, 0) is 59.5 Å². The highest BCUT2D eigenvalue weighted by Gasteiger charge is 2.67. The number of hydrogen-bond donors (Lipinski definition) is 1. The van der Waals surface area contributed by atoms with Gasteiger partial charge in [0.15, 0.2) is 5.78 Å². The summed E-state index contributed by atoms with van der Waals surface area (Å²) in [6.07, 6.45) is 8.50. The Morgan fingerprint density at radius 1 is 1.07 bits per heavy atom. The molecule has 5 heterocycles. The average Bonchev–Trinajstić information content (AvgIpc) is 3.45. The molecular formula is C33H32BrN7O5. The zero-order valence-electron chi connectivity index (χ0n) is 25.4. The highest BCUT2D eigenvalue weighted by Crippen LogP contribution is 2.60. The molecule has 1 saturated heterocycles. The van der Waals surface area contributed by atoms with Crippen LogP contribution < -0.4 is 5.32 Å². The van der Waals surface area contributed by atoms with Gasteiger partial charge in [0, 0.05) is 47.3 Å². The monoisotopic (exact) mass is 685 g/mol. The van der Waals surface area contributed by atoms with E-state index in [-0.39, 0.29) is 47.9 Å². The summed E-state index contributed by atoms with van der Waals surface area (Å²) >= 11 is 3.40. The van der Waals surface area contributed by atoms with Crippen molar-refractivity contribution in [1.82, 2.24) is 29.6 Å². The number of pyridine rings is 1. The molecule has 12 nitrogen and oxygen atoms in total. The molecule has 2 aliphatic heterocycles. The number of aromatic nitrogens is 5. The molecule has 2 bridgehead atoms. The summed E-state index contributed by atoms with van der Waals surface area (Å²) in [7, 11) is 0.